The molecule has 0 saturated carbocycles. The maximum absolute atomic E-state index is 14.9. The van der Waals surface area contributed by atoms with E-state index in [-0.39, 0.29) is 40.5 Å². The number of amides is 1. The summed E-state index contributed by atoms with van der Waals surface area (Å²) in [5.41, 5.74) is -5.71. The van der Waals surface area contributed by atoms with E-state index in [0.717, 1.165) is 24.6 Å². The average molecular weight is 679 g/mol. The Labute approximate surface area is 276 Å². The quantitative estimate of drug-likeness (QED) is 0.121. The van der Waals surface area contributed by atoms with Gasteiger partial charge in [-0.1, -0.05) is 19.1 Å². The van der Waals surface area contributed by atoms with Gasteiger partial charge in [0.15, 0.2) is 17.2 Å². The lowest BCUT2D eigenvalue weighted by molar-refractivity contribution is -0.270. The van der Waals surface area contributed by atoms with E-state index in [1.54, 1.807) is 45.9 Å². The van der Waals surface area contributed by atoms with Crippen LogP contribution in [0.2, 0.25) is 0 Å². The topological polar surface area (TPSA) is 99.1 Å². The van der Waals surface area contributed by atoms with Crippen LogP contribution in [0.1, 0.15) is 70.7 Å². The van der Waals surface area contributed by atoms with Gasteiger partial charge in [-0.2, -0.15) is 13.2 Å². The molecule has 0 fully saturated rings. The normalized spacial score (nSPS) is 17.3. The number of benzene rings is 2. The maximum Gasteiger partial charge on any atom is 0.422 e. The number of hydrogen-bond donors (Lipinski definition) is 2. The highest BCUT2D eigenvalue weighted by Crippen LogP contribution is 2.48. The Hall–Kier alpha value is -3.97. The Morgan fingerprint density at radius 2 is 1.79 bits per heavy atom. The smallest absolute Gasteiger partial charge is 0.422 e. The number of alkyl halides is 3. The van der Waals surface area contributed by atoms with Gasteiger partial charge >= 0.3 is 12.3 Å². The van der Waals surface area contributed by atoms with Crippen LogP contribution in [-0.2, 0) is 15.9 Å². The van der Waals surface area contributed by atoms with Crippen molar-refractivity contribution in [1.82, 2.24) is 10.3 Å². The fourth-order valence-electron chi connectivity index (χ4n) is 5.06. The van der Waals surface area contributed by atoms with E-state index in [1.165, 1.54) is 19.2 Å². The second-order valence-electron chi connectivity index (χ2n) is 12.5. The van der Waals surface area contributed by atoms with Crippen molar-refractivity contribution in [3.8, 4) is 28.5 Å². The van der Waals surface area contributed by atoms with Crippen molar-refractivity contribution in [2.24, 2.45) is 0 Å². The van der Waals surface area contributed by atoms with Crippen molar-refractivity contribution < 1.29 is 46.4 Å². The summed E-state index contributed by atoms with van der Waals surface area (Å²) >= 11 is 5.51. The molecule has 254 valence electrons. The zero-order valence-corrected chi connectivity index (χ0v) is 27.8. The Morgan fingerprint density at radius 1 is 1.11 bits per heavy atom. The Morgan fingerprint density at radius 3 is 2.38 bits per heavy atom. The summed E-state index contributed by atoms with van der Waals surface area (Å²) in [7, 11) is 1.44. The molecule has 2 unspecified atom stereocenters. The van der Waals surface area contributed by atoms with Crippen LogP contribution < -0.4 is 19.5 Å². The van der Waals surface area contributed by atoms with Gasteiger partial charge in [0.05, 0.1) is 19.4 Å². The third-order valence-corrected chi connectivity index (χ3v) is 7.96. The highest BCUT2D eigenvalue weighted by atomic mass is 32.1. The Kier molecular flexibility index (Phi) is 10.4. The average Bonchev–Trinajstić information content (AvgIpc) is 3.32. The number of fused-ring (bicyclic) bond motifs is 1. The summed E-state index contributed by atoms with van der Waals surface area (Å²) in [6.45, 7) is 8.79. The van der Waals surface area contributed by atoms with Crippen LogP contribution in [-0.4, -0.2) is 53.1 Å². The molecule has 1 amide bonds. The lowest BCUT2D eigenvalue weighted by Gasteiger charge is -2.32. The Bertz CT molecular complexity index is 1630. The van der Waals surface area contributed by atoms with Crippen LogP contribution in [0.15, 0.2) is 48.5 Å². The number of aliphatic hydroxyl groups is 1. The van der Waals surface area contributed by atoms with Gasteiger partial charge in [0.2, 0.25) is 5.60 Å². The minimum Gasteiger partial charge on any atom is -0.493 e. The molecule has 47 heavy (non-hydrogen) atoms. The molecule has 1 aliphatic rings. The number of hydrogen-bond acceptors (Lipinski definition) is 8. The number of ether oxygens (including phenoxy) is 4. The van der Waals surface area contributed by atoms with Gasteiger partial charge < -0.3 is 29.4 Å². The largest absolute Gasteiger partial charge is 0.493 e. The SMILES string of the molecule is CCCOc1ccc(C(=S)CCC(O)(c2cc3c(c(-c4ccc(F)cc4)n2)OCC3(C)NC(=O)OC(C)(C)C)C(F)(F)F)cc1OC. The first kappa shape index (κ1) is 35.9. The summed E-state index contributed by atoms with van der Waals surface area (Å²) in [4.78, 5) is 17.2. The van der Waals surface area contributed by atoms with Crippen LogP contribution in [0, 0.1) is 5.82 Å². The number of alkyl carbamates (subject to hydrolysis) is 1. The van der Waals surface area contributed by atoms with Gasteiger partial charge in [-0.05, 0) is 101 Å². The van der Waals surface area contributed by atoms with Crippen LogP contribution >= 0.6 is 12.2 Å². The summed E-state index contributed by atoms with van der Waals surface area (Å²) in [5, 5.41) is 14.2. The summed E-state index contributed by atoms with van der Waals surface area (Å²) in [5.74, 6) is 0.344. The van der Waals surface area contributed by atoms with Crippen molar-refractivity contribution in [3.63, 3.8) is 0 Å². The van der Waals surface area contributed by atoms with E-state index in [9.17, 15) is 27.5 Å². The molecule has 2 heterocycles. The molecule has 1 aliphatic heterocycles. The molecule has 0 bridgehead atoms. The van der Waals surface area contributed by atoms with Gasteiger partial charge in [0.1, 0.15) is 29.3 Å². The third kappa shape index (κ3) is 7.95. The standard InChI is InChI=1S/C34H38F4N2O6S/c1-7-16-44-24-13-10-21(17-25(24)43-6)26(47)14-15-33(42,34(36,37)38)27-18-23-29(28(39-27)20-8-11-22(35)12-9-20)45-19-32(23,5)40-30(41)46-31(2,3)4/h8-13,17-18,42H,7,14-16,19H2,1-6H3,(H,40,41). The van der Waals surface area contributed by atoms with Crippen molar-refractivity contribution in [2.45, 2.75) is 76.8 Å². The molecule has 1 aromatic heterocycles. The number of thiocarbonyl (C=S) groups is 1. The zero-order valence-electron chi connectivity index (χ0n) is 27.0. The second kappa shape index (κ2) is 13.6. The molecule has 2 aromatic carbocycles. The summed E-state index contributed by atoms with van der Waals surface area (Å²) < 4.78 is 80.9. The van der Waals surface area contributed by atoms with Crippen LogP contribution in [0.4, 0.5) is 22.4 Å². The molecular weight excluding hydrogens is 640 g/mol. The molecule has 0 saturated heterocycles. The van der Waals surface area contributed by atoms with Crippen molar-refractivity contribution >= 4 is 23.2 Å². The highest BCUT2D eigenvalue weighted by molar-refractivity contribution is 7.80. The predicted octanol–water partition coefficient (Wildman–Crippen LogP) is 7.77. The Balaban J connectivity index is 1.77. The highest BCUT2D eigenvalue weighted by Gasteiger charge is 2.57. The number of nitrogens with zero attached hydrogens (tertiary/aromatic N) is 1. The van der Waals surface area contributed by atoms with Crippen molar-refractivity contribution in [2.75, 3.05) is 20.3 Å². The van der Waals surface area contributed by atoms with Crippen LogP contribution in [0.5, 0.6) is 17.2 Å². The molecular formula is C34H38F4N2O6S. The lowest BCUT2D eigenvalue weighted by Crippen LogP contribution is -2.47. The van der Waals surface area contributed by atoms with Gasteiger partial charge in [0.25, 0.3) is 0 Å². The predicted molar refractivity (Wildman–Crippen MR) is 172 cm³/mol. The number of methoxy groups -OCH3 is 1. The van der Waals surface area contributed by atoms with Crippen LogP contribution in [0.3, 0.4) is 0 Å². The fourth-order valence-corrected chi connectivity index (χ4v) is 5.29. The van der Waals surface area contributed by atoms with Gasteiger partial charge in [0, 0.05) is 16.0 Å². The third-order valence-electron chi connectivity index (χ3n) is 7.52. The number of nitrogens with one attached hydrogen (secondary N) is 1. The molecule has 2 N–H and O–H groups in total. The first-order chi connectivity index (χ1) is 21.9. The summed E-state index contributed by atoms with van der Waals surface area (Å²) in [6.07, 6.45) is -6.48. The lowest BCUT2D eigenvalue weighted by atomic mass is 9.86. The molecule has 8 nitrogen and oxygen atoms in total. The number of pyridine rings is 1. The molecule has 2 atom stereocenters. The van der Waals surface area contributed by atoms with Crippen molar-refractivity contribution in [3.05, 3.63) is 71.2 Å². The minimum atomic E-state index is -5.20. The minimum absolute atomic E-state index is 0.0649. The van der Waals surface area contributed by atoms with E-state index >= 15 is 0 Å². The molecule has 13 heteroatoms. The molecule has 0 spiro atoms. The van der Waals surface area contributed by atoms with E-state index in [2.05, 4.69) is 10.3 Å². The van der Waals surface area contributed by atoms with Gasteiger partial charge in [-0.3, -0.25) is 0 Å². The number of carbonyl (C=O) groups excluding carboxylic acids is 1. The molecule has 0 aliphatic carbocycles. The molecule has 0 radical (unpaired) electrons. The second-order valence-corrected chi connectivity index (χ2v) is 13.0. The monoisotopic (exact) mass is 678 g/mol. The first-order valence-electron chi connectivity index (χ1n) is 15.0. The maximum atomic E-state index is 14.9. The summed E-state index contributed by atoms with van der Waals surface area (Å²) in [6, 6.07) is 10.8. The van der Waals surface area contributed by atoms with Gasteiger partial charge in [-0.15, -0.1) is 0 Å². The number of rotatable bonds is 11. The number of halogens is 4. The number of aromatic nitrogens is 1. The molecule has 3 aromatic rings. The zero-order chi connectivity index (χ0) is 34.8. The van der Waals surface area contributed by atoms with E-state index < -0.39 is 46.9 Å². The van der Waals surface area contributed by atoms with Crippen molar-refractivity contribution in [1.29, 1.82) is 0 Å². The number of carbonyl (C=O) groups is 1. The van der Waals surface area contributed by atoms with E-state index in [4.69, 9.17) is 31.2 Å². The molecule has 4 rings (SSSR count). The van der Waals surface area contributed by atoms with Gasteiger partial charge in [-0.25, -0.2) is 14.2 Å². The fraction of sp³-hybridized carbons (Fsp3) is 0.441. The van der Waals surface area contributed by atoms with Crippen LogP contribution in [0.25, 0.3) is 11.3 Å². The first-order valence-corrected chi connectivity index (χ1v) is 15.4. The van der Waals surface area contributed by atoms with E-state index in [1.807, 2.05) is 6.92 Å². The van der Waals surface area contributed by atoms with E-state index in [0.29, 0.717) is 23.7 Å².